The highest BCUT2D eigenvalue weighted by molar-refractivity contribution is 5.85. The van der Waals surface area contributed by atoms with Gasteiger partial charge in [-0.25, -0.2) is 4.39 Å². The first-order chi connectivity index (χ1) is 10.0. The lowest BCUT2D eigenvalue weighted by Gasteiger charge is -2.39. The van der Waals surface area contributed by atoms with Gasteiger partial charge < -0.3 is 10.6 Å². The number of nitrogens with zero attached hydrogens (tertiary/aromatic N) is 1. The summed E-state index contributed by atoms with van der Waals surface area (Å²) >= 11 is 0. The molecule has 1 aromatic rings. The third-order valence-electron chi connectivity index (χ3n) is 4.10. The van der Waals surface area contributed by atoms with E-state index in [4.69, 9.17) is 0 Å². The molecular weight excluding hydrogens is 269 g/mol. The van der Waals surface area contributed by atoms with Crippen LogP contribution in [0.2, 0.25) is 0 Å². The van der Waals surface area contributed by atoms with Crippen LogP contribution in [0.25, 0.3) is 0 Å². The number of rotatable bonds is 5. The molecule has 0 unspecified atom stereocenters. The summed E-state index contributed by atoms with van der Waals surface area (Å²) in [4.78, 5) is 14.6. The van der Waals surface area contributed by atoms with Gasteiger partial charge in [0.1, 0.15) is 5.82 Å². The molecule has 1 fully saturated rings. The van der Waals surface area contributed by atoms with Gasteiger partial charge in [-0.3, -0.25) is 9.69 Å². The van der Waals surface area contributed by atoms with Crippen molar-refractivity contribution in [3.05, 3.63) is 35.6 Å². The van der Waals surface area contributed by atoms with Gasteiger partial charge in [-0.05, 0) is 31.9 Å². The maximum absolute atomic E-state index is 13.5. The monoisotopic (exact) mass is 293 g/mol. The van der Waals surface area contributed by atoms with E-state index in [1.54, 1.807) is 12.1 Å². The summed E-state index contributed by atoms with van der Waals surface area (Å²) in [5.74, 6) is -0.214. The second kappa shape index (κ2) is 7.00. The van der Waals surface area contributed by atoms with Gasteiger partial charge in [0, 0.05) is 32.7 Å². The molecule has 1 saturated heterocycles. The molecule has 0 spiro atoms. The smallest absolute Gasteiger partial charge is 0.239 e. The van der Waals surface area contributed by atoms with E-state index >= 15 is 0 Å². The van der Waals surface area contributed by atoms with Crippen molar-refractivity contribution in [3.8, 4) is 0 Å². The summed E-state index contributed by atoms with van der Waals surface area (Å²) in [6, 6.07) is 6.68. The molecule has 0 aliphatic carbocycles. The lowest BCUT2D eigenvalue weighted by molar-refractivity contribution is -0.132. The average molecular weight is 293 g/mol. The third-order valence-corrected chi connectivity index (χ3v) is 4.10. The van der Waals surface area contributed by atoms with E-state index < -0.39 is 5.54 Å². The zero-order valence-corrected chi connectivity index (χ0v) is 12.8. The van der Waals surface area contributed by atoms with Crippen molar-refractivity contribution in [2.75, 3.05) is 32.7 Å². The Bertz CT molecular complexity index is 484. The van der Waals surface area contributed by atoms with Crippen LogP contribution in [-0.2, 0) is 11.2 Å². The second-order valence-corrected chi connectivity index (χ2v) is 5.89. The number of halogens is 1. The van der Waals surface area contributed by atoms with Crippen molar-refractivity contribution in [3.63, 3.8) is 0 Å². The number of hydrogen-bond donors (Lipinski definition) is 2. The highest BCUT2D eigenvalue weighted by atomic mass is 19.1. The maximum Gasteiger partial charge on any atom is 0.239 e. The van der Waals surface area contributed by atoms with Crippen molar-refractivity contribution in [2.45, 2.75) is 25.8 Å². The molecule has 5 heteroatoms. The number of benzene rings is 1. The van der Waals surface area contributed by atoms with Crippen molar-refractivity contribution in [1.29, 1.82) is 0 Å². The zero-order valence-electron chi connectivity index (χ0n) is 12.8. The fraction of sp³-hybridized carbons (Fsp3) is 0.562. The Morgan fingerprint density at radius 2 is 2.00 bits per heavy atom. The van der Waals surface area contributed by atoms with Gasteiger partial charge in [-0.15, -0.1) is 0 Å². The number of hydrogen-bond acceptors (Lipinski definition) is 3. The van der Waals surface area contributed by atoms with Gasteiger partial charge in [0.15, 0.2) is 0 Å². The van der Waals surface area contributed by atoms with Crippen LogP contribution in [0.15, 0.2) is 24.3 Å². The van der Waals surface area contributed by atoms with Gasteiger partial charge in [0.2, 0.25) is 5.91 Å². The molecule has 0 bridgehead atoms. The highest BCUT2D eigenvalue weighted by Crippen LogP contribution is 2.15. The number of carbonyl (C=O) groups excluding carboxylic acids is 1. The first-order valence-electron chi connectivity index (χ1n) is 7.49. The largest absolute Gasteiger partial charge is 0.354 e. The summed E-state index contributed by atoms with van der Waals surface area (Å²) < 4.78 is 13.5. The molecular formula is C16H24FN3O. The van der Waals surface area contributed by atoms with E-state index in [-0.39, 0.29) is 11.7 Å². The van der Waals surface area contributed by atoms with Gasteiger partial charge >= 0.3 is 0 Å². The zero-order chi connectivity index (χ0) is 15.3. The summed E-state index contributed by atoms with van der Waals surface area (Å²) in [6.07, 6.45) is 0.510. The SMILES string of the molecule is CC(C)(C(=O)NCCc1ccccc1F)N1CCNCC1. The minimum atomic E-state index is -0.530. The normalized spacial score (nSPS) is 16.7. The van der Waals surface area contributed by atoms with Crippen LogP contribution in [0.4, 0.5) is 4.39 Å². The van der Waals surface area contributed by atoms with E-state index in [2.05, 4.69) is 15.5 Å². The van der Waals surface area contributed by atoms with Gasteiger partial charge in [-0.1, -0.05) is 18.2 Å². The maximum atomic E-state index is 13.5. The van der Waals surface area contributed by atoms with E-state index in [1.807, 2.05) is 19.9 Å². The number of amides is 1. The van der Waals surface area contributed by atoms with E-state index in [1.165, 1.54) is 6.07 Å². The van der Waals surface area contributed by atoms with Crippen LogP contribution >= 0.6 is 0 Å². The lowest BCUT2D eigenvalue weighted by atomic mass is 10.0. The first-order valence-corrected chi connectivity index (χ1v) is 7.49. The molecule has 4 nitrogen and oxygen atoms in total. The summed E-state index contributed by atoms with van der Waals surface area (Å²) in [7, 11) is 0. The van der Waals surface area contributed by atoms with Crippen molar-refractivity contribution in [2.24, 2.45) is 0 Å². The molecule has 0 atom stereocenters. The molecule has 21 heavy (non-hydrogen) atoms. The molecule has 0 radical (unpaired) electrons. The molecule has 1 heterocycles. The van der Waals surface area contributed by atoms with Crippen molar-refractivity contribution < 1.29 is 9.18 Å². The highest BCUT2D eigenvalue weighted by Gasteiger charge is 2.34. The fourth-order valence-electron chi connectivity index (χ4n) is 2.60. The molecule has 2 N–H and O–H groups in total. The number of piperazine rings is 1. The van der Waals surface area contributed by atoms with Gasteiger partial charge in [0.25, 0.3) is 0 Å². The van der Waals surface area contributed by atoms with E-state index in [9.17, 15) is 9.18 Å². The Hall–Kier alpha value is -1.46. The molecule has 1 amide bonds. The van der Waals surface area contributed by atoms with Gasteiger partial charge in [-0.2, -0.15) is 0 Å². The van der Waals surface area contributed by atoms with Crippen LogP contribution < -0.4 is 10.6 Å². The lowest BCUT2D eigenvalue weighted by Crippen LogP contribution is -2.60. The molecule has 0 saturated carbocycles. The fourth-order valence-corrected chi connectivity index (χ4v) is 2.60. The Morgan fingerprint density at radius 3 is 2.67 bits per heavy atom. The summed E-state index contributed by atoms with van der Waals surface area (Å²) in [5, 5.41) is 6.21. The molecule has 2 rings (SSSR count). The topological polar surface area (TPSA) is 44.4 Å². The standard InChI is InChI=1S/C16H24FN3O/c1-16(2,20-11-9-18-10-12-20)15(21)19-8-7-13-5-3-4-6-14(13)17/h3-6,18H,7-12H2,1-2H3,(H,19,21). The van der Waals surface area contributed by atoms with Crippen molar-refractivity contribution in [1.82, 2.24) is 15.5 Å². The minimum Gasteiger partial charge on any atom is -0.354 e. The van der Waals surface area contributed by atoms with Crippen LogP contribution in [-0.4, -0.2) is 49.1 Å². The Labute approximate surface area is 125 Å². The van der Waals surface area contributed by atoms with Crippen LogP contribution in [0.1, 0.15) is 19.4 Å². The van der Waals surface area contributed by atoms with Crippen LogP contribution in [0.5, 0.6) is 0 Å². The van der Waals surface area contributed by atoms with E-state index in [0.717, 1.165) is 26.2 Å². The predicted molar refractivity (Wildman–Crippen MR) is 81.6 cm³/mol. The van der Waals surface area contributed by atoms with Crippen molar-refractivity contribution >= 4 is 5.91 Å². The van der Waals surface area contributed by atoms with Gasteiger partial charge in [0.05, 0.1) is 5.54 Å². The van der Waals surface area contributed by atoms with E-state index in [0.29, 0.717) is 18.5 Å². The number of carbonyl (C=O) groups is 1. The molecule has 1 aliphatic heterocycles. The number of nitrogens with one attached hydrogen (secondary N) is 2. The summed E-state index contributed by atoms with van der Waals surface area (Å²) in [5.41, 5.74) is 0.106. The van der Waals surface area contributed by atoms with Crippen LogP contribution in [0, 0.1) is 5.82 Å². The minimum absolute atomic E-state index is 0.000685. The average Bonchev–Trinajstić information content (AvgIpc) is 2.50. The Morgan fingerprint density at radius 1 is 1.33 bits per heavy atom. The summed E-state index contributed by atoms with van der Waals surface area (Å²) in [6.45, 7) is 7.89. The second-order valence-electron chi connectivity index (χ2n) is 5.89. The Kier molecular flexibility index (Phi) is 5.31. The predicted octanol–water partition coefficient (Wildman–Crippen LogP) is 1.17. The molecule has 0 aromatic heterocycles. The Balaban J connectivity index is 1.84. The molecule has 116 valence electrons. The van der Waals surface area contributed by atoms with Crippen LogP contribution in [0.3, 0.4) is 0 Å². The third kappa shape index (κ3) is 4.02. The molecule has 1 aromatic carbocycles. The molecule has 1 aliphatic rings. The quantitative estimate of drug-likeness (QED) is 0.856. The first kappa shape index (κ1) is 15.9.